The van der Waals surface area contributed by atoms with E-state index in [9.17, 15) is 40.2 Å². The predicted octanol–water partition coefficient (Wildman–Crippen LogP) is -0.330. The summed E-state index contributed by atoms with van der Waals surface area (Å²) < 4.78 is 27.5. The number of allylic oxidation sites excluding steroid dienone is 1. The van der Waals surface area contributed by atoms with E-state index in [1.165, 1.54) is 12.1 Å². The Hall–Kier alpha value is -3.20. The quantitative estimate of drug-likeness (QED) is 0.142. The minimum Gasteiger partial charge on any atom is -0.504 e. The average molecular weight is 541 g/mol. The van der Waals surface area contributed by atoms with Crippen molar-refractivity contribution < 1.29 is 63.9 Å². The zero-order valence-electron chi connectivity index (χ0n) is 21.0. The fraction of sp³-hybridized carbons (Fsp3) is 0.520. The van der Waals surface area contributed by atoms with Gasteiger partial charge < -0.3 is 54.3 Å². The van der Waals surface area contributed by atoms with Crippen LogP contribution >= 0.6 is 0 Å². The maximum atomic E-state index is 12.6. The largest absolute Gasteiger partial charge is 0.504 e. The number of methoxy groups -OCH3 is 1. The van der Waals surface area contributed by atoms with Crippen LogP contribution in [0.1, 0.15) is 25.8 Å². The van der Waals surface area contributed by atoms with E-state index in [0.29, 0.717) is 0 Å². The monoisotopic (exact) mass is 540 g/mol. The molecule has 0 amide bonds. The Kier molecular flexibility index (Phi) is 9.35. The van der Waals surface area contributed by atoms with Gasteiger partial charge in [-0.25, -0.2) is 4.79 Å². The van der Waals surface area contributed by atoms with Crippen LogP contribution in [-0.4, -0.2) is 93.6 Å². The number of benzene rings is 1. The van der Waals surface area contributed by atoms with E-state index in [2.05, 4.69) is 0 Å². The number of ether oxygens (including phenoxy) is 5. The molecule has 13 nitrogen and oxygen atoms in total. The number of carbonyl (C=O) groups excluding carboxylic acids is 2. The van der Waals surface area contributed by atoms with Gasteiger partial charge in [-0.1, -0.05) is 6.08 Å². The lowest BCUT2D eigenvalue weighted by Crippen LogP contribution is -2.61. The average Bonchev–Trinajstić information content (AvgIpc) is 2.90. The van der Waals surface area contributed by atoms with Gasteiger partial charge in [0.05, 0.1) is 38.6 Å². The van der Waals surface area contributed by atoms with Crippen molar-refractivity contribution in [3.8, 4) is 11.5 Å². The van der Waals surface area contributed by atoms with E-state index in [1.54, 1.807) is 13.8 Å². The lowest BCUT2D eigenvalue weighted by molar-refractivity contribution is -0.360. The Balaban J connectivity index is 2.20. The number of phenols is 2. The summed E-state index contributed by atoms with van der Waals surface area (Å²) >= 11 is 0. The van der Waals surface area contributed by atoms with Crippen molar-refractivity contribution >= 4 is 11.9 Å². The molecule has 0 unspecified atom stereocenters. The van der Waals surface area contributed by atoms with Crippen molar-refractivity contribution in [2.45, 2.75) is 56.8 Å². The topological polar surface area (TPSA) is 202 Å². The summed E-state index contributed by atoms with van der Waals surface area (Å²) in [6, 6.07) is 3.56. The highest BCUT2D eigenvalue weighted by Crippen LogP contribution is 2.49. The molecule has 38 heavy (non-hydrogen) atoms. The van der Waals surface area contributed by atoms with Crippen LogP contribution in [0.15, 0.2) is 41.7 Å². The van der Waals surface area contributed by atoms with E-state index >= 15 is 0 Å². The fourth-order valence-corrected chi connectivity index (χ4v) is 4.45. The van der Waals surface area contributed by atoms with E-state index < -0.39 is 72.5 Å². The molecule has 2 heterocycles. The SMILES string of the molecule is CC=C1[C@H](CC(=O)OCC)C(C(=O)OC)=CO[C@]1(O[C@@H]1O[C@H](CO)[C@@H](O)[C@H](O)[C@H]1O)c1ccc(O)c(O)c1. The molecule has 1 aromatic rings. The number of aromatic hydroxyl groups is 2. The van der Waals surface area contributed by atoms with Gasteiger partial charge in [-0.2, -0.15) is 0 Å². The third kappa shape index (κ3) is 5.48. The second kappa shape index (κ2) is 12.1. The second-order valence-corrected chi connectivity index (χ2v) is 8.62. The van der Waals surface area contributed by atoms with Crippen molar-refractivity contribution in [3.63, 3.8) is 0 Å². The Morgan fingerprint density at radius 1 is 1.11 bits per heavy atom. The molecule has 0 bridgehead atoms. The fourth-order valence-electron chi connectivity index (χ4n) is 4.45. The first-order valence-electron chi connectivity index (χ1n) is 11.8. The minimum absolute atomic E-state index is 0.0342. The summed E-state index contributed by atoms with van der Waals surface area (Å²) in [7, 11) is 1.14. The van der Waals surface area contributed by atoms with Crippen molar-refractivity contribution in [3.05, 3.63) is 47.2 Å². The van der Waals surface area contributed by atoms with Crippen LogP contribution in [0.25, 0.3) is 0 Å². The van der Waals surface area contributed by atoms with Crippen LogP contribution in [0.3, 0.4) is 0 Å². The molecule has 13 heteroatoms. The number of phenolic OH excluding ortho intramolecular Hbond substituents is 2. The number of hydrogen-bond acceptors (Lipinski definition) is 13. The summed E-state index contributed by atoms with van der Waals surface area (Å²) in [5.41, 5.74) is 0.0899. The number of carbonyl (C=O) groups is 2. The number of rotatable bonds is 8. The summed E-state index contributed by atoms with van der Waals surface area (Å²) in [5, 5.41) is 60.9. The number of aliphatic hydroxyl groups excluding tert-OH is 4. The molecule has 2 aliphatic rings. The van der Waals surface area contributed by atoms with Crippen LogP contribution in [0.4, 0.5) is 0 Å². The molecule has 0 aliphatic carbocycles. The van der Waals surface area contributed by atoms with E-state index in [4.69, 9.17) is 23.7 Å². The van der Waals surface area contributed by atoms with Crippen LogP contribution in [0, 0.1) is 5.92 Å². The zero-order chi connectivity index (χ0) is 28.2. The highest BCUT2D eigenvalue weighted by Gasteiger charge is 2.54. The van der Waals surface area contributed by atoms with Crippen molar-refractivity contribution in [2.75, 3.05) is 20.3 Å². The summed E-state index contributed by atoms with van der Waals surface area (Å²) in [4.78, 5) is 25.2. The first-order chi connectivity index (χ1) is 18.0. The molecule has 210 valence electrons. The van der Waals surface area contributed by atoms with E-state index in [1.807, 2.05) is 0 Å². The van der Waals surface area contributed by atoms with Crippen molar-refractivity contribution in [2.24, 2.45) is 5.92 Å². The van der Waals surface area contributed by atoms with Crippen LogP contribution in [0.2, 0.25) is 0 Å². The van der Waals surface area contributed by atoms with Gasteiger partial charge in [-0.05, 0) is 32.0 Å². The number of aliphatic hydroxyl groups is 4. The first-order valence-corrected chi connectivity index (χ1v) is 11.8. The molecule has 0 aromatic heterocycles. The second-order valence-electron chi connectivity index (χ2n) is 8.62. The summed E-state index contributed by atoms with van der Waals surface area (Å²) in [6.07, 6.45) is -6.23. The Labute approximate surface area is 218 Å². The van der Waals surface area contributed by atoms with Gasteiger partial charge in [0.2, 0.25) is 0 Å². The molecule has 6 N–H and O–H groups in total. The zero-order valence-corrected chi connectivity index (χ0v) is 21.0. The Bertz CT molecular complexity index is 1080. The molecule has 1 fully saturated rings. The van der Waals surface area contributed by atoms with Gasteiger partial charge in [-0.3, -0.25) is 4.79 Å². The van der Waals surface area contributed by atoms with E-state index in [0.717, 1.165) is 25.5 Å². The van der Waals surface area contributed by atoms with Crippen LogP contribution in [-0.2, 0) is 39.1 Å². The first kappa shape index (κ1) is 29.4. The Morgan fingerprint density at radius 3 is 2.39 bits per heavy atom. The molecule has 0 saturated carbocycles. The third-order valence-electron chi connectivity index (χ3n) is 6.38. The molecule has 1 saturated heterocycles. The van der Waals surface area contributed by atoms with Gasteiger partial charge in [0.25, 0.3) is 5.79 Å². The van der Waals surface area contributed by atoms with Crippen LogP contribution in [0.5, 0.6) is 11.5 Å². The van der Waals surface area contributed by atoms with Gasteiger partial charge in [-0.15, -0.1) is 0 Å². The summed E-state index contributed by atoms with van der Waals surface area (Å²) in [6.45, 7) is 2.51. The molecular formula is C25H32O13. The minimum atomic E-state index is -2.12. The molecule has 1 aromatic carbocycles. The lowest BCUT2D eigenvalue weighted by atomic mass is 9.79. The predicted molar refractivity (Wildman–Crippen MR) is 126 cm³/mol. The lowest BCUT2D eigenvalue weighted by Gasteiger charge is -2.47. The van der Waals surface area contributed by atoms with Gasteiger partial charge in [0.15, 0.2) is 17.8 Å². The van der Waals surface area contributed by atoms with Gasteiger partial charge in [0.1, 0.15) is 24.4 Å². The van der Waals surface area contributed by atoms with E-state index in [-0.39, 0.29) is 29.7 Å². The molecule has 3 rings (SSSR count). The van der Waals surface area contributed by atoms with Crippen LogP contribution < -0.4 is 0 Å². The van der Waals surface area contributed by atoms with Gasteiger partial charge in [0, 0.05) is 17.1 Å². The maximum absolute atomic E-state index is 12.6. The Morgan fingerprint density at radius 2 is 1.82 bits per heavy atom. The highest BCUT2D eigenvalue weighted by molar-refractivity contribution is 5.91. The van der Waals surface area contributed by atoms with Crippen molar-refractivity contribution in [1.29, 1.82) is 0 Å². The van der Waals surface area contributed by atoms with Crippen molar-refractivity contribution in [1.82, 2.24) is 0 Å². The molecular weight excluding hydrogens is 508 g/mol. The molecule has 2 aliphatic heterocycles. The molecule has 7 atom stereocenters. The molecule has 0 radical (unpaired) electrons. The smallest absolute Gasteiger partial charge is 0.337 e. The van der Waals surface area contributed by atoms with Gasteiger partial charge >= 0.3 is 11.9 Å². The summed E-state index contributed by atoms with van der Waals surface area (Å²) in [5.74, 6) is -5.69. The number of esters is 2. The third-order valence-corrected chi connectivity index (χ3v) is 6.38. The maximum Gasteiger partial charge on any atom is 0.337 e. The highest BCUT2D eigenvalue weighted by atomic mass is 16.8. The standard InChI is InChI=1S/C25H32O13/c1-4-15-13(9-19(29)35-5-2)14(23(33)34-3)11-36-25(15,12-6-7-16(27)17(28)8-12)38-24-22(32)21(31)20(30)18(10-26)37-24/h4,6-8,11,13,18,20-22,24,26-28,30-32H,5,9-10H2,1-3H3/t13-,18-,20-,21+,22-,24+,25+/m1/s1. The normalized spacial score (nSPS) is 32.3. The molecule has 0 spiro atoms. The number of hydrogen-bond donors (Lipinski definition) is 6.